The van der Waals surface area contributed by atoms with Crippen LogP contribution in [0.25, 0.3) is 0 Å². The van der Waals surface area contributed by atoms with Crippen LogP contribution in [0.1, 0.15) is 35.3 Å². The monoisotopic (exact) mass is 393 g/mol. The normalized spacial score (nSPS) is 10.7. The van der Waals surface area contributed by atoms with Gasteiger partial charge in [0.2, 0.25) is 5.91 Å². The Balaban J connectivity index is 1.44. The van der Waals surface area contributed by atoms with Crippen LogP contribution < -0.4 is 4.74 Å². The summed E-state index contributed by atoms with van der Waals surface area (Å²) in [6.07, 6.45) is 1.92. The molecule has 0 bridgehead atoms. The first-order valence-electron chi connectivity index (χ1n) is 9.86. The molecule has 0 aliphatic rings. The Kier molecular flexibility index (Phi) is 7.00. The molecule has 0 aliphatic heterocycles. The number of carbonyl (C=O) groups excluding carboxylic acids is 1. The summed E-state index contributed by atoms with van der Waals surface area (Å²) in [5, 5.41) is 3.98. The lowest BCUT2D eigenvalue weighted by Crippen LogP contribution is -2.30. The van der Waals surface area contributed by atoms with Crippen molar-refractivity contribution in [1.82, 2.24) is 15.0 Å². The molecule has 29 heavy (non-hydrogen) atoms. The quantitative estimate of drug-likeness (QED) is 0.554. The number of rotatable bonds is 9. The van der Waals surface area contributed by atoms with Crippen LogP contribution in [0.3, 0.4) is 0 Å². The Labute approximate surface area is 171 Å². The minimum atomic E-state index is 0.0678. The molecule has 2 aromatic carbocycles. The standard InChI is InChI=1S/C23H27N3O3/c1-4-18-8-10-20(11-9-18)28-16-22-24-21(25-29-22)12-13-26(3)23(27)15-19-7-5-6-17(2)14-19/h5-11,14H,4,12-13,15-16H2,1-3H3. The molecule has 0 radical (unpaired) electrons. The van der Waals surface area contributed by atoms with Crippen LogP contribution in [-0.4, -0.2) is 34.5 Å². The van der Waals surface area contributed by atoms with Gasteiger partial charge in [0.15, 0.2) is 12.4 Å². The molecule has 0 fully saturated rings. The van der Waals surface area contributed by atoms with E-state index in [2.05, 4.69) is 17.1 Å². The van der Waals surface area contributed by atoms with Crippen molar-refractivity contribution in [2.24, 2.45) is 0 Å². The summed E-state index contributed by atoms with van der Waals surface area (Å²) in [5.41, 5.74) is 3.44. The van der Waals surface area contributed by atoms with E-state index >= 15 is 0 Å². The van der Waals surface area contributed by atoms with Gasteiger partial charge in [-0.15, -0.1) is 0 Å². The number of amides is 1. The van der Waals surface area contributed by atoms with Crippen molar-refractivity contribution in [3.8, 4) is 5.75 Å². The summed E-state index contributed by atoms with van der Waals surface area (Å²) in [6.45, 7) is 4.89. The zero-order valence-corrected chi connectivity index (χ0v) is 17.2. The maximum absolute atomic E-state index is 12.4. The van der Waals surface area contributed by atoms with Crippen molar-refractivity contribution in [1.29, 1.82) is 0 Å². The molecular weight excluding hydrogens is 366 g/mol. The summed E-state index contributed by atoms with van der Waals surface area (Å²) in [5.74, 6) is 1.83. The molecule has 0 unspecified atom stereocenters. The van der Waals surface area contributed by atoms with Crippen LogP contribution >= 0.6 is 0 Å². The number of aryl methyl sites for hydroxylation is 2. The average molecular weight is 393 g/mol. The van der Waals surface area contributed by atoms with Gasteiger partial charge >= 0.3 is 0 Å². The number of benzene rings is 2. The fourth-order valence-corrected chi connectivity index (χ4v) is 2.94. The lowest BCUT2D eigenvalue weighted by atomic mass is 10.1. The van der Waals surface area contributed by atoms with Crippen LogP contribution in [0.15, 0.2) is 53.1 Å². The molecule has 1 aromatic heterocycles. The Morgan fingerprint density at radius 1 is 1.14 bits per heavy atom. The number of carbonyl (C=O) groups is 1. The molecule has 0 saturated heterocycles. The lowest BCUT2D eigenvalue weighted by Gasteiger charge is -2.16. The van der Waals surface area contributed by atoms with Gasteiger partial charge in [0.1, 0.15) is 5.75 Å². The van der Waals surface area contributed by atoms with E-state index in [9.17, 15) is 4.79 Å². The predicted octanol–water partition coefficient (Wildman–Crippen LogP) is 3.76. The molecule has 0 saturated carbocycles. The van der Waals surface area contributed by atoms with Gasteiger partial charge in [-0.25, -0.2) is 0 Å². The molecule has 1 heterocycles. The topological polar surface area (TPSA) is 68.5 Å². The predicted molar refractivity (Wildman–Crippen MR) is 111 cm³/mol. The SMILES string of the molecule is CCc1ccc(OCc2nc(CCN(C)C(=O)Cc3cccc(C)c3)no2)cc1. The van der Waals surface area contributed by atoms with E-state index in [1.165, 1.54) is 5.56 Å². The van der Waals surface area contributed by atoms with E-state index in [1.54, 1.807) is 11.9 Å². The van der Waals surface area contributed by atoms with Gasteiger partial charge < -0.3 is 14.2 Å². The fraction of sp³-hybridized carbons (Fsp3) is 0.348. The summed E-state index contributed by atoms with van der Waals surface area (Å²) in [6, 6.07) is 16.0. The third kappa shape index (κ3) is 6.17. The van der Waals surface area contributed by atoms with Crippen molar-refractivity contribution in [2.45, 2.75) is 39.7 Å². The second-order valence-corrected chi connectivity index (χ2v) is 7.12. The molecule has 3 rings (SSSR count). The molecule has 0 N–H and O–H groups in total. The van der Waals surface area contributed by atoms with Gasteiger partial charge in [-0.05, 0) is 36.6 Å². The van der Waals surface area contributed by atoms with Crippen LogP contribution in [0.2, 0.25) is 0 Å². The zero-order chi connectivity index (χ0) is 20.6. The highest BCUT2D eigenvalue weighted by atomic mass is 16.5. The van der Waals surface area contributed by atoms with E-state index < -0.39 is 0 Å². The molecule has 6 heteroatoms. The second kappa shape index (κ2) is 9.87. The Hall–Kier alpha value is -3.15. The van der Waals surface area contributed by atoms with E-state index in [-0.39, 0.29) is 12.5 Å². The molecule has 0 aliphatic carbocycles. The van der Waals surface area contributed by atoms with E-state index in [4.69, 9.17) is 9.26 Å². The maximum atomic E-state index is 12.4. The smallest absolute Gasteiger partial charge is 0.264 e. The van der Waals surface area contributed by atoms with Crippen LogP contribution in [0.4, 0.5) is 0 Å². The zero-order valence-electron chi connectivity index (χ0n) is 17.2. The van der Waals surface area contributed by atoms with E-state index in [1.807, 2.05) is 55.5 Å². The Morgan fingerprint density at radius 3 is 2.66 bits per heavy atom. The molecule has 3 aromatic rings. The van der Waals surface area contributed by atoms with Crippen molar-refractivity contribution >= 4 is 5.91 Å². The first-order valence-corrected chi connectivity index (χ1v) is 9.86. The Morgan fingerprint density at radius 2 is 1.93 bits per heavy atom. The van der Waals surface area contributed by atoms with Crippen LogP contribution in [-0.2, 0) is 30.7 Å². The molecule has 152 valence electrons. The van der Waals surface area contributed by atoms with Crippen molar-refractivity contribution in [3.05, 3.63) is 76.9 Å². The first kappa shape index (κ1) is 20.6. The van der Waals surface area contributed by atoms with Gasteiger partial charge in [0.05, 0.1) is 6.42 Å². The van der Waals surface area contributed by atoms with Gasteiger partial charge in [0.25, 0.3) is 5.89 Å². The third-order valence-corrected chi connectivity index (χ3v) is 4.74. The van der Waals surface area contributed by atoms with E-state index in [0.29, 0.717) is 31.1 Å². The highest BCUT2D eigenvalue weighted by Gasteiger charge is 2.13. The van der Waals surface area contributed by atoms with Crippen molar-refractivity contribution < 1.29 is 14.1 Å². The summed E-state index contributed by atoms with van der Waals surface area (Å²) in [4.78, 5) is 18.4. The number of hydrogen-bond donors (Lipinski definition) is 0. The molecule has 0 atom stereocenters. The van der Waals surface area contributed by atoms with Gasteiger partial charge in [-0.1, -0.05) is 54.0 Å². The first-order chi connectivity index (χ1) is 14.0. The third-order valence-electron chi connectivity index (χ3n) is 4.74. The summed E-state index contributed by atoms with van der Waals surface area (Å²) in [7, 11) is 1.79. The largest absolute Gasteiger partial charge is 0.484 e. The second-order valence-electron chi connectivity index (χ2n) is 7.12. The van der Waals surface area contributed by atoms with E-state index in [0.717, 1.165) is 23.3 Å². The summed E-state index contributed by atoms with van der Waals surface area (Å²) < 4.78 is 10.9. The highest BCUT2D eigenvalue weighted by Crippen LogP contribution is 2.14. The number of ether oxygens (including phenoxy) is 1. The maximum Gasteiger partial charge on any atom is 0.264 e. The molecular formula is C23H27N3O3. The van der Waals surface area contributed by atoms with Gasteiger partial charge in [0, 0.05) is 20.0 Å². The number of aromatic nitrogens is 2. The lowest BCUT2D eigenvalue weighted by molar-refractivity contribution is -0.129. The fourth-order valence-electron chi connectivity index (χ4n) is 2.94. The van der Waals surface area contributed by atoms with Crippen molar-refractivity contribution in [2.75, 3.05) is 13.6 Å². The number of likely N-dealkylation sites (N-methyl/N-ethyl adjacent to an activating group) is 1. The van der Waals surface area contributed by atoms with Gasteiger partial charge in [-0.3, -0.25) is 4.79 Å². The number of nitrogens with zero attached hydrogens (tertiary/aromatic N) is 3. The minimum Gasteiger partial charge on any atom is -0.484 e. The Bertz CT molecular complexity index is 935. The molecule has 6 nitrogen and oxygen atoms in total. The summed E-state index contributed by atoms with van der Waals surface area (Å²) >= 11 is 0. The van der Waals surface area contributed by atoms with Gasteiger partial charge in [-0.2, -0.15) is 4.98 Å². The molecule has 0 spiro atoms. The highest BCUT2D eigenvalue weighted by molar-refractivity contribution is 5.78. The van der Waals surface area contributed by atoms with Crippen molar-refractivity contribution in [3.63, 3.8) is 0 Å². The van der Waals surface area contributed by atoms with Crippen LogP contribution in [0, 0.1) is 6.92 Å². The number of hydrogen-bond acceptors (Lipinski definition) is 5. The molecule has 1 amide bonds. The minimum absolute atomic E-state index is 0.0678. The average Bonchev–Trinajstić information content (AvgIpc) is 3.18. The van der Waals surface area contributed by atoms with Crippen LogP contribution in [0.5, 0.6) is 5.75 Å².